The topological polar surface area (TPSA) is 90.2 Å². The molecule has 24 heavy (non-hydrogen) atoms. The van der Waals surface area contributed by atoms with Gasteiger partial charge >= 0.3 is 0 Å². The van der Waals surface area contributed by atoms with Crippen LogP contribution in [0.1, 0.15) is 17.2 Å². The Morgan fingerprint density at radius 3 is 2.67 bits per heavy atom. The van der Waals surface area contributed by atoms with Crippen LogP contribution in [0.15, 0.2) is 18.2 Å². The van der Waals surface area contributed by atoms with E-state index in [1.165, 1.54) is 27.3 Å². The fraction of sp³-hybridized carbons (Fsp3) is 0.533. The molecule has 0 radical (unpaired) electrons. The summed E-state index contributed by atoms with van der Waals surface area (Å²) in [5.74, 6) is 0.549. The lowest BCUT2D eigenvalue weighted by Gasteiger charge is -2.36. The number of rotatable bonds is 6. The van der Waals surface area contributed by atoms with Crippen LogP contribution in [0.25, 0.3) is 11.4 Å². The molecule has 0 bridgehead atoms. The Kier molecular flexibility index (Phi) is 4.66. The van der Waals surface area contributed by atoms with Gasteiger partial charge in [-0.05, 0) is 36.3 Å². The molecule has 1 aromatic carbocycles. The smallest absolute Gasteiger partial charge is 0.216 e. The maximum Gasteiger partial charge on any atom is 0.216 e. The minimum atomic E-state index is -3.26. The van der Waals surface area contributed by atoms with Crippen LogP contribution in [0.4, 0.5) is 0 Å². The summed E-state index contributed by atoms with van der Waals surface area (Å²) in [5, 5.41) is 12.6. The molecule has 3 rings (SSSR count). The molecule has 2 aromatic rings. The van der Waals surface area contributed by atoms with Gasteiger partial charge in [-0.15, -0.1) is 10.2 Å². The highest BCUT2D eigenvalue weighted by Gasteiger charge is 2.38. The van der Waals surface area contributed by atoms with Crippen molar-refractivity contribution in [2.45, 2.75) is 19.9 Å². The first kappa shape index (κ1) is 17.0. The second-order valence-corrected chi connectivity index (χ2v) is 8.10. The van der Waals surface area contributed by atoms with Gasteiger partial charge < -0.3 is 4.74 Å². The number of ether oxygens (including phenoxy) is 1. The maximum absolute atomic E-state index is 12.0. The Morgan fingerprint density at radius 1 is 1.25 bits per heavy atom. The van der Waals surface area contributed by atoms with Crippen molar-refractivity contribution >= 4 is 10.0 Å². The molecule has 1 aliphatic rings. The average molecular weight is 351 g/mol. The SMILES string of the molecule is COCCS(=O)(=O)N1CC(n2nnc(-c3ccc(C)c(C)c3)n2)C1. The highest BCUT2D eigenvalue weighted by molar-refractivity contribution is 7.89. The number of aromatic nitrogens is 4. The number of methoxy groups -OCH3 is 1. The third kappa shape index (κ3) is 3.33. The average Bonchev–Trinajstić information content (AvgIpc) is 2.95. The quantitative estimate of drug-likeness (QED) is 0.764. The van der Waals surface area contributed by atoms with Crippen LogP contribution in [0.2, 0.25) is 0 Å². The Morgan fingerprint density at radius 2 is 2.00 bits per heavy atom. The molecular weight excluding hydrogens is 330 g/mol. The molecule has 0 aliphatic carbocycles. The predicted octanol–water partition coefficient (Wildman–Crippen LogP) is 0.790. The first-order valence-electron chi connectivity index (χ1n) is 7.74. The van der Waals surface area contributed by atoms with Gasteiger partial charge in [-0.1, -0.05) is 12.1 Å². The number of hydrogen-bond acceptors (Lipinski definition) is 6. The van der Waals surface area contributed by atoms with Gasteiger partial charge in [0.05, 0.1) is 12.4 Å². The highest BCUT2D eigenvalue weighted by Crippen LogP contribution is 2.24. The Labute approximate surface area is 141 Å². The zero-order chi connectivity index (χ0) is 17.3. The molecule has 0 amide bonds. The van der Waals surface area contributed by atoms with Crippen molar-refractivity contribution in [2.24, 2.45) is 0 Å². The van der Waals surface area contributed by atoms with Crippen LogP contribution in [-0.2, 0) is 14.8 Å². The molecule has 1 fully saturated rings. The zero-order valence-corrected chi connectivity index (χ0v) is 14.8. The summed E-state index contributed by atoms with van der Waals surface area (Å²) in [5.41, 5.74) is 3.29. The van der Waals surface area contributed by atoms with Crippen LogP contribution in [0.3, 0.4) is 0 Å². The molecule has 8 nitrogen and oxygen atoms in total. The van der Waals surface area contributed by atoms with E-state index in [-0.39, 0.29) is 18.4 Å². The van der Waals surface area contributed by atoms with Gasteiger partial charge in [-0.25, -0.2) is 8.42 Å². The van der Waals surface area contributed by atoms with Crippen LogP contribution in [0.5, 0.6) is 0 Å². The fourth-order valence-corrected chi connectivity index (χ4v) is 3.92. The molecule has 0 saturated carbocycles. The Hall–Kier alpha value is -1.84. The van der Waals surface area contributed by atoms with Crippen molar-refractivity contribution in [3.63, 3.8) is 0 Å². The number of benzene rings is 1. The summed E-state index contributed by atoms with van der Waals surface area (Å²) in [6.45, 7) is 5.03. The Bertz CT molecular complexity index is 827. The third-order valence-corrected chi connectivity index (χ3v) is 6.06. The summed E-state index contributed by atoms with van der Waals surface area (Å²) < 4.78 is 30.3. The van der Waals surface area contributed by atoms with Gasteiger partial charge in [0.2, 0.25) is 15.8 Å². The van der Waals surface area contributed by atoms with Crippen LogP contribution >= 0.6 is 0 Å². The lowest BCUT2D eigenvalue weighted by Crippen LogP contribution is -2.52. The van der Waals surface area contributed by atoms with E-state index in [1.54, 1.807) is 0 Å². The van der Waals surface area contributed by atoms with E-state index in [0.717, 1.165) is 5.56 Å². The van der Waals surface area contributed by atoms with Crippen molar-refractivity contribution in [2.75, 3.05) is 32.6 Å². The van der Waals surface area contributed by atoms with Crippen molar-refractivity contribution in [1.29, 1.82) is 0 Å². The van der Waals surface area contributed by atoms with Crippen LogP contribution in [-0.4, -0.2) is 65.5 Å². The largest absolute Gasteiger partial charge is 0.384 e. The van der Waals surface area contributed by atoms with Crippen molar-refractivity contribution in [3.05, 3.63) is 29.3 Å². The zero-order valence-electron chi connectivity index (χ0n) is 14.0. The van der Waals surface area contributed by atoms with Gasteiger partial charge in [0.15, 0.2) is 0 Å². The molecule has 1 aliphatic heterocycles. The van der Waals surface area contributed by atoms with Gasteiger partial charge in [-0.3, -0.25) is 0 Å². The maximum atomic E-state index is 12.0. The number of sulfonamides is 1. The molecule has 1 saturated heterocycles. The van der Waals surface area contributed by atoms with Crippen molar-refractivity contribution in [3.8, 4) is 11.4 Å². The predicted molar refractivity (Wildman–Crippen MR) is 89.0 cm³/mol. The van der Waals surface area contributed by atoms with E-state index < -0.39 is 10.0 Å². The molecule has 0 N–H and O–H groups in total. The van der Waals surface area contributed by atoms with Gasteiger partial charge in [0.1, 0.15) is 6.04 Å². The fourth-order valence-electron chi connectivity index (χ4n) is 2.48. The number of aryl methyl sites for hydroxylation is 2. The van der Waals surface area contributed by atoms with Crippen molar-refractivity contribution in [1.82, 2.24) is 24.5 Å². The summed E-state index contributed by atoms with van der Waals surface area (Å²) in [4.78, 5) is 1.51. The first-order chi connectivity index (χ1) is 11.4. The number of hydrogen-bond donors (Lipinski definition) is 0. The first-order valence-corrected chi connectivity index (χ1v) is 9.35. The molecule has 0 atom stereocenters. The van der Waals surface area contributed by atoms with Gasteiger partial charge in [0, 0.05) is 25.8 Å². The molecule has 130 valence electrons. The van der Waals surface area contributed by atoms with E-state index in [0.29, 0.717) is 18.9 Å². The summed E-state index contributed by atoms with van der Waals surface area (Å²) in [6.07, 6.45) is 0. The summed E-state index contributed by atoms with van der Waals surface area (Å²) in [6, 6.07) is 5.94. The van der Waals surface area contributed by atoms with E-state index in [4.69, 9.17) is 4.74 Å². The normalized spacial score (nSPS) is 16.3. The third-order valence-electron chi connectivity index (χ3n) is 4.29. The van der Waals surface area contributed by atoms with E-state index in [9.17, 15) is 8.42 Å². The lowest BCUT2D eigenvalue weighted by molar-refractivity contribution is 0.169. The monoisotopic (exact) mass is 351 g/mol. The minimum Gasteiger partial charge on any atom is -0.384 e. The highest BCUT2D eigenvalue weighted by atomic mass is 32.2. The summed E-state index contributed by atoms with van der Waals surface area (Å²) in [7, 11) is -1.78. The molecule has 9 heteroatoms. The second kappa shape index (κ2) is 6.58. The minimum absolute atomic E-state index is 0.00506. The second-order valence-electron chi connectivity index (χ2n) is 6.01. The Balaban J connectivity index is 1.66. The van der Waals surface area contributed by atoms with Gasteiger partial charge in [0.25, 0.3) is 0 Å². The molecule has 2 heterocycles. The number of nitrogens with zero attached hydrogens (tertiary/aromatic N) is 5. The molecule has 0 unspecified atom stereocenters. The van der Waals surface area contributed by atoms with Crippen LogP contribution < -0.4 is 0 Å². The molecular formula is C15H21N5O3S. The molecule has 1 aromatic heterocycles. The summed E-state index contributed by atoms with van der Waals surface area (Å²) >= 11 is 0. The van der Waals surface area contributed by atoms with E-state index in [1.807, 2.05) is 25.1 Å². The van der Waals surface area contributed by atoms with Gasteiger partial charge in [-0.2, -0.15) is 9.10 Å². The van der Waals surface area contributed by atoms with E-state index in [2.05, 4.69) is 22.3 Å². The standard InChI is InChI=1S/C15H21N5O3S/c1-11-4-5-13(8-12(11)2)15-16-18-20(17-15)14-9-19(10-14)24(21,22)7-6-23-3/h4-5,8,14H,6-7,9-10H2,1-3H3. The van der Waals surface area contributed by atoms with E-state index >= 15 is 0 Å². The number of tetrazole rings is 1. The molecule has 0 spiro atoms. The lowest BCUT2D eigenvalue weighted by atomic mass is 10.1. The van der Waals surface area contributed by atoms with Crippen molar-refractivity contribution < 1.29 is 13.2 Å². The van der Waals surface area contributed by atoms with Crippen LogP contribution in [0, 0.1) is 13.8 Å².